The SMILES string of the molecule is Cc1onc(-c2ccc(F)cn2)c1/C=C/c1ncc(OC(=O)NC2CC2)s1. The zero-order valence-electron chi connectivity index (χ0n) is 14.3. The quantitative estimate of drug-likeness (QED) is 0.711. The molecule has 4 rings (SSSR count). The summed E-state index contributed by atoms with van der Waals surface area (Å²) in [6.45, 7) is 1.78. The first-order valence-corrected chi connectivity index (χ1v) is 9.10. The van der Waals surface area contributed by atoms with E-state index >= 15 is 0 Å². The zero-order valence-corrected chi connectivity index (χ0v) is 15.1. The Kier molecular flexibility index (Phi) is 4.68. The van der Waals surface area contributed by atoms with Gasteiger partial charge in [-0.15, -0.1) is 0 Å². The molecule has 9 heteroatoms. The van der Waals surface area contributed by atoms with Gasteiger partial charge in [-0.3, -0.25) is 4.98 Å². The molecule has 3 aromatic heterocycles. The molecule has 0 aliphatic heterocycles. The second-order valence-electron chi connectivity index (χ2n) is 6.02. The fraction of sp³-hybridized carbons (Fsp3) is 0.222. The highest BCUT2D eigenvalue weighted by Crippen LogP contribution is 2.28. The van der Waals surface area contributed by atoms with Crippen LogP contribution in [0.3, 0.4) is 0 Å². The first-order valence-electron chi connectivity index (χ1n) is 8.29. The van der Waals surface area contributed by atoms with Crippen molar-refractivity contribution in [3.63, 3.8) is 0 Å². The van der Waals surface area contributed by atoms with Crippen molar-refractivity contribution in [3.8, 4) is 16.5 Å². The maximum absolute atomic E-state index is 13.1. The van der Waals surface area contributed by atoms with Crippen molar-refractivity contribution in [2.45, 2.75) is 25.8 Å². The number of amides is 1. The Labute approximate surface area is 157 Å². The lowest BCUT2D eigenvalue weighted by atomic mass is 10.1. The molecule has 0 saturated heterocycles. The summed E-state index contributed by atoms with van der Waals surface area (Å²) in [5.74, 6) is 0.182. The lowest BCUT2D eigenvalue weighted by Gasteiger charge is -2.01. The van der Waals surface area contributed by atoms with Crippen LogP contribution in [0.1, 0.15) is 29.2 Å². The molecule has 7 nitrogen and oxygen atoms in total. The van der Waals surface area contributed by atoms with Crippen LogP contribution in [0.2, 0.25) is 0 Å². The number of pyridine rings is 1. The summed E-state index contributed by atoms with van der Waals surface area (Å²) >= 11 is 1.24. The molecule has 1 saturated carbocycles. The van der Waals surface area contributed by atoms with Gasteiger partial charge in [-0.05, 0) is 44.1 Å². The third kappa shape index (κ3) is 4.20. The molecule has 138 valence electrons. The lowest BCUT2D eigenvalue weighted by molar-refractivity contribution is 0.201. The van der Waals surface area contributed by atoms with Gasteiger partial charge in [-0.2, -0.15) is 0 Å². The molecule has 0 aromatic carbocycles. The van der Waals surface area contributed by atoms with E-state index in [0.717, 1.165) is 24.6 Å². The normalized spacial score (nSPS) is 13.9. The van der Waals surface area contributed by atoms with Crippen molar-refractivity contribution in [1.29, 1.82) is 0 Å². The molecule has 0 bridgehead atoms. The number of ether oxygens (including phenoxy) is 1. The van der Waals surface area contributed by atoms with Crippen LogP contribution in [-0.4, -0.2) is 27.3 Å². The number of nitrogens with one attached hydrogen (secondary N) is 1. The zero-order chi connectivity index (χ0) is 18.8. The number of aromatic nitrogens is 3. The van der Waals surface area contributed by atoms with Gasteiger partial charge in [0.25, 0.3) is 0 Å². The van der Waals surface area contributed by atoms with Crippen LogP contribution >= 0.6 is 11.3 Å². The predicted octanol–water partition coefficient (Wildman–Crippen LogP) is 4.06. The molecular formula is C18H15FN4O3S. The third-order valence-electron chi connectivity index (χ3n) is 3.87. The highest BCUT2D eigenvalue weighted by molar-refractivity contribution is 7.14. The second kappa shape index (κ2) is 7.28. The van der Waals surface area contributed by atoms with Gasteiger partial charge in [-0.25, -0.2) is 14.2 Å². The van der Waals surface area contributed by atoms with Crippen molar-refractivity contribution < 1.29 is 18.4 Å². The summed E-state index contributed by atoms with van der Waals surface area (Å²) in [5, 5.41) is 7.82. The molecule has 3 heterocycles. The first kappa shape index (κ1) is 17.3. The minimum atomic E-state index is -0.462. The van der Waals surface area contributed by atoms with Gasteiger partial charge in [0, 0.05) is 11.6 Å². The molecule has 1 N–H and O–H groups in total. The highest BCUT2D eigenvalue weighted by Gasteiger charge is 2.24. The minimum Gasteiger partial charge on any atom is -0.397 e. The fourth-order valence-corrected chi connectivity index (χ4v) is 3.01. The Balaban J connectivity index is 1.49. The van der Waals surface area contributed by atoms with E-state index in [1.165, 1.54) is 29.7 Å². The molecule has 0 unspecified atom stereocenters. The topological polar surface area (TPSA) is 90.1 Å². The summed E-state index contributed by atoms with van der Waals surface area (Å²) in [6.07, 6.45) is 7.71. The van der Waals surface area contributed by atoms with Crippen molar-refractivity contribution in [1.82, 2.24) is 20.4 Å². The van der Waals surface area contributed by atoms with Crippen LogP contribution in [0.5, 0.6) is 5.06 Å². The summed E-state index contributed by atoms with van der Waals surface area (Å²) in [7, 11) is 0. The van der Waals surface area contributed by atoms with Crippen LogP contribution in [0.25, 0.3) is 23.5 Å². The Hall–Kier alpha value is -3.07. The van der Waals surface area contributed by atoms with Crippen LogP contribution in [-0.2, 0) is 0 Å². The molecule has 0 atom stereocenters. The first-order chi connectivity index (χ1) is 13.1. The van der Waals surface area contributed by atoms with Crippen molar-refractivity contribution in [2.75, 3.05) is 0 Å². The lowest BCUT2D eigenvalue weighted by Crippen LogP contribution is -2.28. The van der Waals surface area contributed by atoms with Crippen molar-refractivity contribution in [2.24, 2.45) is 0 Å². The Morgan fingerprint density at radius 1 is 1.33 bits per heavy atom. The van der Waals surface area contributed by atoms with E-state index in [4.69, 9.17) is 9.26 Å². The smallest absolute Gasteiger partial charge is 0.397 e. The van der Waals surface area contributed by atoms with Gasteiger partial charge in [-0.1, -0.05) is 16.5 Å². The molecule has 0 spiro atoms. The maximum Gasteiger partial charge on any atom is 0.413 e. The standard InChI is InChI=1S/C18H15FN4O3S/c1-10-13(17(23-26-10)14-6-2-11(19)8-20-14)5-7-15-21-9-16(27-15)25-18(24)22-12-3-4-12/h2,5-9,12H,3-4H2,1H3,(H,22,24)/b7-5+. The van der Waals surface area contributed by atoms with Crippen LogP contribution in [0.4, 0.5) is 9.18 Å². The van der Waals surface area contributed by atoms with E-state index in [-0.39, 0.29) is 6.04 Å². The largest absolute Gasteiger partial charge is 0.413 e. The van der Waals surface area contributed by atoms with Crippen LogP contribution in [0, 0.1) is 12.7 Å². The third-order valence-corrected chi connectivity index (χ3v) is 4.71. The van der Waals surface area contributed by atoms with Gasteiger partial charge in [0.1, 0.15) is 22.3 Å². The van der Waals surface area contributed by atoms with Gasteiger partial charge in [0.15, 0.2) is 0 Å². The molecule has 0 radical (unpaired) electrons. The van der Waals surface area contributed by atoms with E-state index in [2.05, 4.69) is 20.4 Å². The van der Waals surface area contributed by atoms with Crippen molar-refractivity contribution in [3.05, 3.63) is 46.7 Å². The predicted molar refractivity (Wildman–Crippen MR) is 97.7 cm³/mol. The van der Waals surface area contributed by atoms with Gasteiger partial charge < -0.3 is 14.6 Å². The number of thiazole rings is 1. The van der Waals surface area contributed by atoms with E-state index in [1.807, 2.05) is 0 Å². The number of halogens is 1. The number of aryl methyl sites for hydroxylation is 1. The van der Waals surface area contributed by atoms with Gasteiger partial charge in [0.2, 0.25) is 5.06 Å². The monoisotopic (exact) mass is 386 g/mol. The number of hydrogen-bond donors (Lipinski definition) is 1. The number of rotatable bonds is 5. The summed E-state index contributed by atoms with van der Waals surface area (Å²) < 4.78 is 23.5. The average Bonchev–Trinajstić information content (AvgIpc) is 3.21. The molecule has 1 aliphatic carbocycles. The number of carbonyl (C=O) groups is 1. The van der Waals surface area contributed by atoms with E-state index in [9.17, 15) is 9.18 Å². The summed E-state index contributed by atoms with van der Waals surface area (Å²) in [5.41, 5.74) is 1.74. The highest BCUT2D eigenvalue weighted by atomic mass is 32.1. The maximum atomic E-state index is 13.1. The average molecular weight is 386 g/mol. The van der Waals surface area contributed by atoms with E-state index in [1.54, 1.807) is 19.1 Å². The summed E-state index contributed by atoms with van der Waals surface area (Å²) in [4.78, 5) is 19.9. The Morgan fingerprint density at radius 2 is 2.19 bits per heavy atom. The number of carbonyl (C=O) groups excluding carboxylic acids is 1. The Morgan fingerprint density at radius 3 is 2.93 bits per heavy atom. The molecule has 3 aromatic rings. The number of nitrogens with zero attached hydrogens (tertiary/aromatic N) is 3. The van der Waals surface area contributed by atoms with Gasteiger partial charge >= 0.3 is 6.09 Å². The molecule has 1 amide bonds. The van der Waals surface area contributed by atoms with Crippen LogP contribution < -0.4 is 10.1 Å². The minimum absolute atomic E-state index is 0.236. The molecule has 1 fully saturated rings. The number of hydrogen-bond acceptors (Lipinski definition) is 7. The fourth-order valence-electron chi connectivity index (χ4n) is 2.34. The Bertz CT molecular complexity index is 992. The van der Waals surface area contributed by atoms with E-state index < -0.39 is 11.9 Å². The molecule has 27 heavy (non-hydrogen) atoms. The van der Waals surface area contributed by atoms with Crippen LogP contribution in [0.15, 0.2) is 29.0 Å². The van der Waals surface area contributed by atoms with Gasteiger partial charge in [0.05, 0.1) is 18.1 Å². The van der Waals surface area contributed by atoms with Crippen molar-refractivity contribution >= 4 is 29.6 Å². The second-order valence-corrected chi connectivity index (χ2v) is 7.05. The van der Waals surface area contributed by atoms with E-state index in [0.29, 0.717) is 27.2 Å². The molecular weight excluding hydrogens is 371 g/mol. The molecule has 1 aliphatic rings. The summed E-state index contributed by atoms with van der Waals surface area (Å²) in [6, 6.07) is 3.09.